The van der Waals surface area contributed by atoms with Crippen LogP contribution in [0, 0.1) is 0 Å². The van der Waals surface area contributed by atoms with Crippen molar-refractivity contribution in [3.63, 3.8) is 0 Å². The molecule has 0 aromatic heterocycles. The van der Waals surface area contributed by atoms with Crippen molar-refractivity contribution in [2.45, 2.75) is 31.7 Å². The van der Waals surface area contributed by atoms with Crippen LogP contribution in [0.4, 0.5) is 8.78 Å². The molecule has 1 aromatic rings. The van der Waals surface area contributed by atoms with Crippen LogP contribution < -0.4 is 15.2 Å². The van der Waals surface area contributed by atoms with Crippen LogP contribution in [0.3, 0.4) is 0 Å². The molecule has 1 aliphatic rings. The second-order valence-corrected chi connectivity index (χ2v) is 5.01. The Labute approximate surface area is 105 Å². The fraction of sp³-hybridized carbons (Fsp3) is 0.538. The van der Waals surface area contributed by atoms with Gasteiger partial charge in [0.1, 0.15) is 0 Å². The van der Waals surface area contributed by atoms with Gasteiger partial charge in [-0.05, 0) is 32.0 Å². The third-order valence-corrected chi connectivity index (χ3v) is 2.92. The van der Waals surface area contributed by atoms with E-state index < -0.39 is 11.5 Å². The number of rotatable bonds is 2. The summed E-state index contributed by atoms with van der Waals surface area (Å²) in [6, 6.07) is 4.16. The summed E-state index contributed by atoms with van der Waals surface area (Å²) in [7, 11) is 0. The molecule has 0 unspecified atom stereocenters. The zero-order valence-electron chi connectivity index (χ0n) is 10.5. The fourth-order valence-electron chi connectivity index (χ4n) is 1.73. The summed E-state index contributed by atoms with van der Waals surface area (Å²) in [6.07, 6.45) is 0.739. The van der Waals surface area contributed by atoms with Crippen molar-refractivity contribution < 1.29 is 18.3 Å². The van der Waals surface area contributed by atoms with Gasteiger partial charge in [-0.25, -0.2) is 0 Å². The van der Waals surface area contributed by atoms with Crippen molar-refractivity contribution in [3.05, 3.63) is 23.8 Å². The third-order valence-electron chi connectivity index (χ3n) is 2.92. The highest BCUT2D eigenvalue weighted by molar-refractivity contribution is 5.45. The monoisotopic (exact) mass is 257 g/mol. The van der Waals surface area contributed by atoms with Gasteiger partial charge in [0.05, 0.1) is 18.8 Å². The van der Waals surface area contributed by atoms with Crippen molar-refractivity contribution in [1.29, 1.82) is 0 Å². The van der Waals surface area contributed by atoms with Gasteiger partial charge in [-0.2, -0.15) is 8.78 Å². The number of fused-ring (bicyclic) bond motifs is 1. The maximum absolute atomic E-state index is 14.1. The minimum absolute atomic E-state index is 0.153. The zero-order valence-corrected chi connectivity index (χ0v) is 10.5. The van der Waals surface area contributed by atoms with Crippen LogP contribution in [0.1, 0.15) is 25.8 Å². The summed E-state index contributed by atoms with van der Waals surface area (Å²) < 4.78 is 39.0. The minimum atomic E-state index is -3.13. The van der Waals surface area contributed by atoms with Gasteiger partial charge >= 0.3 is 0 Å². The van der Waals surface area contributed by atoms with E-state index in [0.717, 1.165) is 6.42 Å². The maximum atomic E-state index is 14.1. The molecule has 0 atom stereocenters. The molecule has 0 fully saturated rings. The van der Waals surface area contributed by atoms with Crippen LogP contribution in [0.5, 0.6) is 11.5 Å². The van der Waals surface area contributed by atoms with Gasteiger partial charge in [0, 0.05) is 12.0 Å². The summed E-state index contributed by atoms with van der Waals surface area (Å²) >= 11 is 0. The molecular formula is C13H17F2NO2. The molecule has 0 aliphatic carbocycles. The second kappa shape index (κ2) is 4.39. The van der Waals surface area contributed by atoms with Gasteiger partial charge < -0.3 is 15.2 Å². The van der Waals surface area contributed by atoms with Gasteiger partial charge in [0.15, 0.2) is 11.5 Å². The first kappa shape index (κ1) is 13.1. The molecule has 1 aliphatic heterocycles. The molecule has 0 spiro atoms. The Bertz CT molecular complexity index is 441. The van der Waals surface area contributed by atoms with E-state index in [1.165, 1.54) is 32.0 Å². The second-order valence-electron chi connectivity index (χ2n) is 5.01. The van der Waals surface area contributed by atoms with E-state index in [1.807, 2.05) is 0 Å². The van der Waals surface area contributed by atoms with Crippen molar-refractivity contribution in [1.82, 2.24) is 0 Å². The Hall–Kier alpha value is -1.36. The number of halogens is 2. The van der Waals surface area contributed by atoms with E-state index in [2.05, 4.69) is 0 Å². The molecule has 3 nitrogen and oxygen atoms in total. The molecule has 1 heterocycles. The molecule has 2 N–H and O–H groups in total. The molecule has 0 radical (unpaired) electrons. The van der Waals surface area contributed by atoms with E-state index in [1.54, 1.807) is 0 Å². The van der Waals surface area contributed by atoms with Crippen molar-refractivity contribution in [2.75, 3.05) is 13.2 Å². The molecule has 0 saturated carbocycles. The van der Waals surface area contributed by atoms with Gasteiger partial charge in [0.2, 0.25) is 0 Å². The number of hydrogen-bond donors (Lipinski definition) is 1. The van der Waals surface area contributed by atoms with Gasteiger partial charge in [-0.1, -0.05) is 0 Å². The molecule has 2 rings (SSSR count). The van der Waals surface area contributed by atoms with Crippen LogP contribution in [-0.2, 0) is 5.92 Å². The Morgan fingerprint density at radius 1 is 1.11 bits per heavy atom. The number of benzene rings is 1. The summed E-state index contributed by atoms with van der Waals surface area (Å²) in [4.78, 5) is 0. The standard InChI is InChI=1S/C13H17F2NO2/c1-12(2,16)13(14,15)9-4-5-10-11(8-9)18-7-3-6-17-10/h4-5,8H,3,6-7,16H2,1-2H3. The van der Waals surface area contributed by atoms with Crippen molar-refractivity contribution in [3.8, 4) is 11.5 Å². The number of alkyl halides is 2. The fourth-order valence-corrected chi connectivity index (χ4v) is 1.73. The minimum Gasteiger partial charge on any atom is -0.490 e. The SMILES string of the molecule is CC(C)(N)C(F)(F)c1ccc2c(c1)OCCCO2. The quantitative estimate of drug-likeness (QED) is 0.886. The van der Waals surface area contributed by atoms with Crippen LogP contribution in [0.15, 0.2) is 18.2 Å². The predicted octanol–water partition coefficient (Wildman–Crippen LogP) is 2.68. The molecule has 0 saturated heterocycles. The van der Waals surface area contributed by atoms with Crippen LogP contribution in [0.25, 0.3) is 0 Å². The summed E-state index contributed by atoms with van der Waals surface area (Å²) in [5.74, 6) is -2.27. The largest absolute Gasteiger partial charge is 0.490 e. The summed E-state index contributed by atoms with van der Waals surface area (Å²) in [5.41, 5.74) is 3.74. The first-order valence-electron chi connectivity index (χ1n) is 5.89. The number of hydrogen-bond acceptors (Lipinski definition) is 3. The third kappa shape index (κ3) is 2.27. The lowest BCUT2D eigenvalue weighted by atomic mass is 9.91. The molecule has 0 amide bonds. The van der Waals surface area contributed by atoms with Gasteiger partial charge in [0.25, 0.3) is 5.92 Å². The topological polar surface area (TPSA) is 44.5 Å². The van der Waals surface area contributed by atoms with E-state index in [9.17, 15) is 8.78 Å². The lowest BCUT2D eigenvalue weighted by Crippen LogP contribution is -2.48. The van der Waals surface area contributed by atoms with Crippen molar-refractivity contribution in [2.24, 2.45) is 5.73 Å². The highest BCUT2D eigenvalue weighted by Crippen LogP contribution is 2.41. The molecule has 18 heavy (non-hydrogen) atoms. The van der Waals surface area contributed by atoms with E-state index >= 15 is 0 Å². The Kier molecular flexibility index (Phi) is 3.19. The molecule has 100 valence electrons. The smallest absolute Gasteiger partial charge is 0.290 e. The Balaban J connectivity index is 2.39. The highest BCUT2D eigenvalue weighted by Gasteiger charge is 2.45. The molecule has 5 heteroatoms. The molecule has 1 aromatic carbocycles. The average molecular weight is 257 g/mol. The Morgan fingerprint density at radius 3 is 2.33 bits per heavy atom. The van der Waals surface area contributed by atoms with Crippen molar-refractivity contribution >= 4 is 0 Å². The summed E-state index contributed by atoms with van der Waals surface area (Å²) in [5, 5.41) is 0. The Morgan fingerprint density at radius 2 is 1.72 bits per heavy atom. The lowest BCUT2D eigenvalue weighted by molar-refractivity contribution is -0.0674. The van der Waals surface area contributed by atoms with Crippen LogP contribution in [0.2, 0.25) is 0 Å². The first-order chi connectivity index (χ1) is 8.32. The van der Waals surface area contributed by atoms with Crippen LogP contribution >= 0.6 is 0 Å². The van der Waals surface area contributed by atoms with Gasteiger partial charge in [-0.15, -0.1) is 0 Å². The average Bonchev–Trinajstić information content (AvgIpc) is 2.51. The lowest BCUT2D eigenvalue weighted by Gasteiger charge is -2.30. The van der Waals surface area contributed by atoms with Crippen LogP contribution in [-0.4, -0.2) is 18.8 Å². The maximum Gasteiger partial charge on any atom is 0.290 e. The predicted molar refractivity (Wildman–Crippen MR) is 64.2 cm³/mol. The molecular weight excluding hydrogens is 240 g/mol. The zero-order chi connectivity index (χ0) is 13.4. The van der Waals surface area contributed by atoms with E-state index in [4.69, 9.17) is 15.2 Å². The molecule has 0 bridgehead atoms. The summed E-state index contributed by atoms with van der Waals surface area (Å²) in [6.45, 7) is 3.60. The number of ether oxygens (including phenoxy) is 2. The number of nitrogens with two attached hydrogens (primary N) is 1. The normalized spacial score (nSPS) is 16.3. The van der Waals surface area contributed by atoms with E-state index in [0.29, 0.717) is 24.7 Å². The van der Waals surface area contributed by atoms with E-state index in [-0.39, 0.29) is 5.56 Å². The first-order valence-corrected chi connectivity index (χ1v) is 5.89. The van der Waals surface area contributed by atoms with Gasteiger partial charge in [-0.3, -0.25) is 0 Å². The highest BCUT2D eigenvalue weighted by atomic mass is 19.3.